The molecule has 2 aliphatic rings. The monoisotopic (exact) mass is 361 g/mol. The molecule has 0 saturated carbocycles. The lowest BCUT2D eigenvalue weighted by Gasteiger charge is -2.35. The summed E-state index contributed by atoms with van der Waals surface area (Å²) in [5.41, 5.74) is 2.74. The highest BCUT2D eigenvalue weighted by Gasteiger charge is 2.37. The molecule has 0 bridgehead atoms. The van der Waals surface area contributed by atoms with Crippen molar-refractivity contribution < 1.29 is 4.79 Å². The lowest BCUT2D eigenvalue weighted by atomic mass is 9.80. The van der Waals surface area contributed by atoms with E-state index in [1.54, 1.807) is 11.3 Å². The van der Waals surface area contributed by atoms with Crippen LogP contribution in [0.5, 0.6) is 0 Å². The summed E-state index contributed by atoms with van der Waals surface area (Å²) < 4.78 is 0.812. The van der Waals surface area contributed by atoms with Crippen LogP contribution in [0.2, 0.25) is 4.34 Å². The van der Waals surface area contributed by atoms with Crippen molar-refractivity contribution in [3.63, 3.8) is 0 Å². The fraction of sp³-hybridized carbons (Fsp3) is 0.278. The van der Waals surface area contributed by atoms with Crippen molar-refractivity contribution in [1.82, 2.24) is 4.90 Å². The standard InChI is InChI=1S/C18H16ClNOS2/c1-2-18(21)20-8-13(12-7-17(19)23-16(12)9-20)14-10-22-15-6-4-3-5-11(14)15/h2-7,13-14H,1,8-10H2/t13-,14?/m0/s1. The number of carbonyl (C=O) groups excluding carboxylic acids is 1. The number of hydrogen-bond acceptors (Lipinski definition) is 3. The SMILES string of the molecule is C=CC(=O)N1Cc2sc(Cl)cc2[C@@H](C2CSc3ccccc32)C1. The third-order valence-corrected chi connectivity index (χ3v) is 7.14. The molecular weight excluding hydrogens is 346 g/mol. The zero-order chi connectivity index (χ0) is 16.0. The highest BCUT2D eigenvalue weighted by molar-refractivity contribution is 7.99. The molecule has 0 radical (unpaired) electrons. The number of nitrogens with zero attached hydrogens (tertiary/aromatic N) is 1. The van der Waals surface area contributed by atoms with Crippen molar-refractivity contribution in [1.29, 1.82) is 0 Å². The molecule has 1 amide bonds. The van der Waals surface area contributed by atoms with Gasteiger partial charge in [0, 0.05) is 33.9 Å². The molecule has 1 aromatic carbocycles. The van der Waals surface area contributed by atoms with Crippen LogP contribution in [-0.4, -0.2) is 23.1 Å². The van der Waals surface area contributed by atoms with E-state index < -0.39 is 0 Å². The Balaban J connectivity index is 1.75. The van der Waals surface area contributed by atoms with Gasteiger partial charge in [0.05, 0.1) is 10.9 Å². The first-order valence-electron chi connectivity index (χ1n) is 7.58. The fourth-order valence-corrected chi connectivity index (χ4v) is 6.28. The van der Waals surface area contributed by atoms with E-state index in [4.69, 9.17) is 11.6 Å². The number of thiophene rings is 1. The van der Waals surface area contributed by atoms with E-state index in [9.17, 15) is 4.79 Å². The van der Waals surface area contributed by atoms with Gasteiger partial charge in [-0.2, -0.15) is 0 Å². The lowest BCUT2D eigenvalue weighted by Crippen LogP contribution is -2.38. The van der Waals surface area contributed by atoms with Gasteiger partial charge in [0.15, 0.2) is 0 Å². The van der Waals surface area contributed by atoms with Gasteiger partial charge >= 0.3 is 0 Å². The van der Waals surface area contributed by atoms with Crippen LogP contribution in [0.1, 0.15) is 27.8 Å². The Morgan fingerprint density at radius 1 is 1.30 bits per heavy atom. The predicted molar refractivity (Wildman–Crippen MR) is 97.6 cm³/mol. The number of carbonyl (C=O) groups is 1. The molecule has 0 fully saturated rings. The maximum absolute atomic E-state index is 12.2. The van der Waals surface area contributed by atoms with E-state index in [1.807, 2.05) is 16.7 Å². The molecule has 2 aromatic rings. The molecule has 2 aliphatic heterocycles. The quantitative estimate of drug-likeness (QED) is 0.709. The van der Waals surface area contributed by atoms with E-state index in [2.05, 4.69) is 36.9 Å². The summed E-state index contributed by atoms with van der Waals surface area (Å²) in [6.45, 7) is 5.03. The molecule has 1 unspecified atom stereocenters. The van der Waals surface area contributed by atoms with Crippen LogP contribution in [0.25, 0.3) is 0 Å². The summed E-state index contributed by atoms with van der Waals surface area (Å²) >= 11 is 9.78. The number of halogens is 1. The second-order valence-electron chi connectivity index (χ2n) is 5.91. The summed E-state index contributed by atoms with van der Waals surface area (Å²) in [6, 6.07) is 10.7. The van der Waals surface area contributed by atoms with Gasteiger partial charge in [0.2, 0.25) is 5.91 Å². The molecule has 5 heteroatoms. The van der Waals surface area contributed by atoms with Crippen LogP contribution < -0.4 is 0 Å². The Hall–Kier alpha value is -1.23. The van der Waals surface area contributed by atoms with Gasteiger partial charge < -0.3 is 4.90 Å². The van der Waals surface area contributed by atoms with Crippen LogP contribution in [0.15, 0.2) is 47.9 Å². The average Bonchev–Trinajstić information content (AvgIpc) is 3.15. The number of thioether (sulfide) groups is 1. The highest BCUT2D eigenvalue weighted by Crippen LogP contribution is 2.50. The maximum atomic E-state index is 12.2. The largest absolute Gasteiger partial charge is 0.333 e. The van der Waals surface area contributed by atoms with Gasteiger partial charge in [-0.1, -0.05) is 36.4 Å². The Bertz CT molecular complexity index is 785. The molecular formula is C18H16ClNOS2. The fourth-order valence-electron chi connectivity index (χ4n) is 3.58. The summed E-state index contributed by atoms with van der Waals surface area (Å²) in [7, 11) is 0. The normalized spacial score (nSPS) is 22.6. The summed E-state index contributed by atoms with van der Waals surface area (Å²) in [4.78, 5) is 16.7. The van der Waals surface area contributed by atoms with Crippen molar-refractivity contribution in [2.24, 2.45) is 0 Å². The van der Waals surface area contributed by atoms with Gasteiger partial charge in [-0.25, -0.2) is 0 Å². The van der Waals surface area contributed by atoms with Crippen molar-refractivity contribution in [3.8, 4) is 0 Å². The van der Waals surface area contributed by atoms with Crippen molar-refractivity contribution in [2.75, 3.05) is 12.3 Å². The van der Waals surface area contributed by atoms with Crippen molar-refractivity contribution >= 4 is 40.6 Å². The van der Waals surface area contributed by atoms with E-state index in [0.717, 1.165) is 16.6 Å². The van der Waals surface area contributed by atoms with Gasteiger partial charge in [-0.3, -0.25) is 4.79 Å². The minimum Gasteiger partial charge on any atom is -0.333 e. The van der Waals surface area contributed by atoms with E-state index in [1.165, 1.54) is 27.0 Å². The zero-order valence-corrected chi connectivity index (χ0v) is 14.9. The topological polar surface area (TPSA) is 20.3 Å². The van der Waals surface area contributed by atoms with Crippen LogP contribution in [-0.2, 0) is 11.3 Å². The molecule has 1 aromatic heterocycles. The number of hydrogen-bond donors (Lipinski definition) is 0. The minimum atomic E-state index is 0.00380. The number of benzene rings is 1. The first kappa shape index (κ1) is 15.3. The number of amides is 1. The molecule has 4 rings (SSSR count). The number of fused-ring (bicyclic) bond motifs is 2. The van der Waals surface area contributed by atoms with Crippen molar-refractivity contribution in [2.45, 2.75) is 23.3 Å². The van der Waals surface area contributed by atoms with Gasteiger partial charge in [0.25, 0.3) is 0 Å². The summed E-state index contributed by atoms with van der Waals surface area (Å²) in [6.07, 6.45) is 1.41. The van der Waals surface area contributed by atoms with E-state index in [0.29, 0.717) is 18.4 Å². The van der Waals surface area contributed by atoms with Gasteiger partial charge in [-0.05, 0) is 29.3 Å². The molecule has 3 heterocycles. The Kier molecular flexibility index (Phi) is 4.00. The minimum absolute atomic E-state index is 0.00380. The van der Waals surface area contributed by atoms with Crippen LogP contribution in [0.3, 0.4) is 0 Å². The first-order valence-corrected chi connectivity index (χ1v) is 9.76. The Morgan fingerprint density at radius 2 is 2.13 bits per heavy atom. The van der Waals surface area contributed by atoms with Gasteiger partial charge in [-0.15, -0.1) is 23.1 Å². The maximum Gasteiger partial charge on any atom is 0.246 e. The Labute approximate surface area is 149 Å². The number of rotatable bonds is 2. The highest BCUT2D eigenvalue weighted by atomic mass is 35.5. The van der Waals surface area contributed by atoms with Gasteiger partial charge in [0.1, 0.15) is 0 Å². The summed E-state index contributed by atoms with van der Waals surface area (Å²) in [5, 5.41) is 0. The molecule has 0 N–H and O–H groups in total. The van der Waals surface area contributed by atoms with Crippen molar-refractivity contribution in [3.05, 3.63) is 63.3 Å². The molecule has 0 saturated heterocycles. The molecule has 23 heavy (non-hydrogen) atoms. The van der Waals surface area contributed by atoms with E-state index >= 15 is 0 Å². The smallest absolute Gasteiger partial charge is 0.246 e. The zero-order valence-electron chi connectivity index (χ0n) is 12.5. The third kappa shape index (κ3) is 2.63. The Morgan fingerprint density at radius 3 is 2.96 bits per heavy atom. The average molecular weight is 362 g/mol. The first-order chi connectivity index (χ1) is 11.2. The lowest BCUT2D eigenvalue weighted by molar-refractivity contribution is -0.127. The van der Waals surface area contributed by atoms with Crippen LogP contribution in [0, 0.1) is 0 Å². The molecule has 0 spiro atoms. The summed E-state index contributed by atoms with van der Waals surface area (Å²) in [5.74, 6) is 1.81. The molecule has 118 valence electrons. The second kappa shape index (κ2) is 6.00. The second-order valence-corrected chi connectivity index (χ2v) is 8.74. The predicted octanol–water partition coefficient (Wildman–Crippen LogP) is 4.90. The van der Waals surface area contributed by atoms with E-state index in [-0.39, 0.29) is 5.91 Å². The van der Waals surface area contributed by atoms with Crippen LogP contribution in [0.4, 0.5) is 0 Å². The van der Waals surface area contributed by atoms with Crippen LogP contribution >= 0.6 is 34.7 Å². The third-order valence-electron chi connectivity index (χ3n) is 4.67. The molecule has 2 atom stereocenters. The molecule has 0 aliphatic carbocycles. The molecule has 2 nitrogen and oxygen atoms in total.